The molecule has 9 heteroatoms. The molecule has 0 aliphatic carbocycles. The van der Waals surface area contributed by atoms with Crippen LogP contribution in [0.1, 0.15) is 0 Å². The highest BCUT2D eigenvalue weighted by Crippen LogP contribution is 2.07. The Labute approximate surface area is 133 Å². The Morgan fingerprint density at radius 2 is 0.789 bits per heavy atom. The SMILES string of the molecule is ClCCOC(OCCCl)OC(OCCCl)OCCCl. The largest absolute Gasteiger partial charge is 0.329 e. The van der Waals surface area contributed by atoms with Crippen LogP contribution in [-0.2, 0) is 23.7 Å². The first-order chi connectivity index (χ1) is 9.28. The van der Waals surface area contributed by atoms with E-state index in [-0.39, 0.29) is 26.4 Å². The van der Waals surface area contributed by atoms with E-state index in [1.807, 2.05) is 0 Å². The Hall–Kier alpha value is 0.960. The lowest BCUT2D eigenvalue weighted by atomic mass is 10.8. The Morgan fingerprint density at radius 1 is 0.526 bits per heavy atom. The number of alkyl halides is 4. The fourth-order valence-corrected chi connectivity index (χ4v) is 1.26. The van der Waals surface area contributed by atoms with Crippen LogP contribution in [0.3, 0.4) is 0 Å². The molecule has 0 aliphatic heterocycles. The molecule has 0 fully saturated rings. The van der Waals surface area contributed by atoms with Crippen molar-refractivity contribution in [1.29, 1.82) is 0 Å². The zero-order valence-corrected chi connectivity index (χ0v) is 13.4. The molecule has 116 valence electrons. The van der Waals surface area contributed by atoms with Gasteiger partial charge in [0.1, 0.15) is 0 Å². The lowest BCUT2D eigenvalue weighted by Gasteiger charge is -2.24. The monoisotopic (exact) mass is 358 g/mol. The molecule has 0 radical (unpaired) electrons. The van der Waals surface area contributed by atoms with Crippen molar-refractivity contribution in [1.82, 2.24) is 0 Å². The quantitative estimate of drug-likeness (QED) is 0.352. The Morgan fingerprint density at radius 3 is 1.00 bits per heavy atom. The molecular formula is C10H18Cl4O5. The number of hydrogen-bond donors (Lipinski definition) is 0. The van der Waals surface area contributed by atoms with Crippen molar-refractivity contribution in [2.24, 2.45) is 0 Å². The number of hydrogen-bond acceptors (Lipinski definition) is 5. The van der Waals surface area contributed by atoms with Gasteiger partial charge in [-0.1, -0.05) is 0 Å². The van der Waals surface area contributed by atoms with E-state index >= 15 is 0 Å². The van der Waals surface area contributed by atoms with Crippen LogP contribution in [0.4, 0.5) is 0 Å². The van der Waals surface area contributed by atoms with Crippen LogP contribution in [0, 0.1) is 0 Å². The normalized spacial score (nSPS) is 11.7. The maximum absolute atomic E-state index is 5.52. The topological polar surface area (TPSA) is 46.2 Å². The van der Waals surface area contributed by atoms with E-state index in [1.165, 1.54) is 0 Å². The minimum atomic E-state index is -0.979. The third-order valence-corrected chi connectivity index (χ3v) is 2.16. The van der Waals surface area contributed by atoms with Crippen LogP contribution in [0.25, 0.3) is 0 Å². The van der Waals surface area contributed by atoms with Crippen molar-refractivity contribution >= 4 is 46.4 Å². The molecule has 0 amide bonds. The molecule has 0 spiro atoms. The van der Waals surface area contributed by atoms with Gasteiger partial charge in [-0.05, 0) is 0 Å². The molecule has 0 atom stereocenters. The lowest BCUT2D eigenvalue weighted by Crippen LogP contribution is -2.33. The van der Waals surface area contributed by atoms with E-state index in [4.69, 9.17) is 70.1 Å². The Kier molecular flexibility index (Phi) is 16.1. The van der Waals surface area contributed by atoms with E-state index in [9.17, 15) is 0 Å². The van der Waals surface area contributed by atoms with Crippen molar-refractivity contribution in [2.45, 2.75) is 13.0 Å². The summed E-state index contributed by atoms with van der Waals surface area (Å²) in [5.74, 6) is 1.22. The fraction of sp³-hybridized carbons (Fsp3) is 1.00. The minimum Gasteiger partial charge on any atom is -0.329 e. The predicted molar refractivity (Wildman–Crippen MR) is 75.3 cm³/mol. The van der Waals surface area contributed by atoms with Crippen LogP contribution < -0.4 is 0 Å². The molecule has 19 heavy (non-hydrogen) atoms. The summed E-state index contributed by atoms with van der Waals surface area (Å²) in [6.07, 6.45) is 0. The third-order valence-electron chi connectivity index (χ3n) is 1.55. The molecule has 0 saturated carbocycles. The van der Waals surface area contributed by atoms with Gasteiger partial charge in [0.15, 0.2) is 0 Å². The Bertz CT molecular complexity index is 155. The maximum Gasteiger partial charge on any atom is 0.275 e. The first kappa shape index (κ1) is 20.0. The summed E-state index contributed by atoms with van der Waals surface area (Å²) >= 11 is 22.1. The van der Waals surface area contributed by atoms with Crippen molar-refractivity contribution in [2.75, 3.05) is 49.9 Å². The van der Waals surface area contributed by atoms with Gasteiger partial charge in [0, 0.05) is 23.5 Å². The average Bonchev–Trinajstić information content (AvgIpc) is 2.44. The smallest absolute Gasteiger partial charge is 0.275 e. The standard InChI is InChI=1S/C10H18Cl4O5/c11-1-5-15-9(16-6-2-12)19-10(17-7-3-13)18-8-4-14/h9-10H,1-8H2. The van der Waals surface area contributed by atoms with Gasteiger partial charge < -0.3 is 18.9 Å². The van der Waals surface area contributed by atoms with Crippen LogP contribution in [0.2, 0.25) is 0 Å². The van der Waals surface area contributed by atoms with Crippen LogP contribution in [0.5, 0.6) is 0 Å². The maximum atomic E-state index is 5.52. The van der Waals surface area contributed by atoms with Gasteiger partial charge in [0.25, 0.3) is 13.0 Å². The molecule has 5 nitrogen and oxygen atoms in total. The lowest BCUT2D eigenvalue weighted by molar-refractivity contribution is -0.394. The summed E-state index contributed by atoms with van der Waals surface area (Å²) in [5.41, 5.74) is 0. The summed E-state index contributed by atoms with van der Waals surface area (Å²) in [5, 5.41) is 0. The highest BCUT2D eigenvalue weighted by Gasteiger charge is 2.18. The van der Waals surface area contributed by atoms with E-state index in [0.29, 0.717) is 23.5 Å². The molecule has 0 aromatic heterocycles. The summed E-state index contributed by atoms with van der Waals surface area (Å²) in [7, 11) is 0. The van der Waals surface area contributed by atoms with Gasteiger partial charge in [-0.3, -0.25) is 4.74 Å². The second-order valence-electron chi connectivity index (χ2n) is 2.95. The second-order valence-corrected chi connectivity index (χ2v) is 4.46. The summed E-state index contributed by atoms with van der Waals surface area (Å²) in [4.78, 5) is 0. The fourth-order valence-electron chi connectivity index (χ4n) is 0.907. The summed E-state index contributed by atoms with van der Waals surface area (Å²) in [6, 6.07) is 0. The molecule has 0 aromatic carbocycles. The van der Waals surface area contributed by atoms with Gasteiger partial charge in [-0.25, -0.2) is 0 Å². The van der Waals surface area contributed by atoms with Crippen molar-refractivity contribution in [3.8, 4) is 0 Å². The van der Waals surface area contributed by atoms with Gasteiger partial charge in [-0.2, -0.15) is 0 Å². The van der Waals surface area contributed by atoms with Crippen molar-refractivity contribution in [3.05, 3.63) is 0 Å². The number of rotatable bonds is 14. The van der Waals surface area contributed by atoms with Gasteiger partial charge in [0.05, 0.1) is 26.4 Å². The highest BCUT2D eigenvalue weighted by atomic mass is 35.5. The van der Waals surface area contributed by atoms with Gasteiger partial charge in [-0.15, -0.1) is 46.4 Å². The van der Waals surface area contributed by atoms with Gasteiger partial charge >= 0.3 is 0 Å². The molecule has 0 N–H and O–H groups in total. The Balaban J connectivity index is 4.16. The molecule has 0 saturated heterocycles. The highest BCUT2D eigenvalue weighted by molar-refractivity contribution is 6.18. The summed E-state index contributed by atoms with van der Waals surface area (Å²) < 4.78 is 26.2. The third kappa shape index (κ3) is 12.4. The molecule has 0 aliphatic rings. The molecule has 0 bridgehead atoms. The summed E-state index contributed by atoms with van der Waals surface area (Å²) in [6.45, 7) is -0.932. The van der Waals surface area contributed by atoms with Crippen molar-refractivity contribution < 1.29 is 23.7 Å². The van der Waals surface area contributed by atoms with E-state index in [1.54, 1.807) is 0 Å². The second kappa shape index (κ2) is 15.4. The number of halogens is 4. The average molecular weight is 360 g/mol. The van der Waals surface area contributed by atoms with Crippen molar-refractivity contribution in [3.63, 3.8) is 0 Å². The van der Waals surface area contributed by atoms with Gasteiger partial charge in [0.2, 0.25) is 0 Å². The zero-order chi connectivity index (χ0) is 14.3. The molecule has 0 heterocycles. The van der Waals surface area contributed by atoms with E-state index < -0.39 is 13.0 Å². The molecular weight excluding hydrogens is 342 g/mol. The van der Waals surface area contributed by atoms with E-state index in [2.05, 4.69) is 0 Å². The number of ether oxygens (including phenoxy) is 5. The van der Waals surface area contributed by atoms with Crippen LogP contribution >= 0.6 is 46.4 Å². The zero-order valence-electron chi connectivity index (χ0n) is 10.4. The van der Waals surface area contributed by atoms with Crippen LogP contribution in [-0.4, -0.2) is 62.9 Å². The van der Waals surface area contributed by atoms with Crippen LogP contribution in [0.15, 0.2) is 0 Å². The minimum absolute atomic E-state index is 0.256. The first-order valence-electron chi connectivity index (χ1n) is 5.64. The van der Waals surface area contributed by atoms with E-state index in [0.717, 1.165) is 0 Å². The molecule has 0 unspecified atom stereocenters. The first-order valence-corrected chi connectivity index (χ1v) is 7.78. The molecule has 0 rings (SSSR count). The predicted octanol–water partition coefficient (Wildman–Crippen LogP) is 2.59. The molecule has 0 aromatic rings.